The second kappa shape index (κ2) is 14.3. The summed E-state index contributed by atoms with van der Waals surface area (Å²) in [4.78, 5) is 30.1. The molecule has 0 heterocycles. The molecule has 0 aliphatic rings. The lowest BCUT2D eigenvalue weighted by atomic mass is 10.0. The quantitative estimate of drug-likeness (QED) is 0.197. The lowest BCUT2D eigenvalue weighted by Crippen LogP contribution is -2.56. The standard InChI is InChI=1S/C36H40ClN3O4S/c1-26-16-18-29(19-17-26)24-39(33(35(42)38-36(3,4)5)23-28-12-8-6-9-13-28)34(41)25-40(32-21-20-30(37)22-27(32)2)45(43,44)31-14-10-7-11-15-31/h6-22,33H,23-25H2,1-5H3,(H,38,42)/t33-/m1/s1. The maximum atomic E-state index is 14.6. The number of halogens is 1. The van der Waals surface area contributed by atoms with Crippen LogP contribution in [0.25, 0.3) is 0 Å². The van der Waals surface area contributed by atoms with E-state index in [1.54, 1.807) is 43.3 Å². The minimum atomic E-state index is -4.19. The number of hydrogen-bond donors (Lipinski definition) is 1. The van der Waals surface area contributed by atoms with E-state index in [-0.39, 0.29) is 23.8 Å². The molecule has 0 saturated carbocycles. The normalized spacial score (nSPS) is 12.3. The van der Waals surface area contributed by atoms with Crippen molar-refractivity contribution in [3.05, 3.63) is 130 Å². The van der Waals surface area contributed by atoms with Crippen molar-refractivity contribution in [3.63, 3.8) is 0 Å². The van der Waals surface area contributed by atoms with E-state index in [0.717, 1.165) is 21.0 Å². The van der Waals surface area contributed by atoms with Crippen LogP contribution in [0.15, 0.2) is 108 Å². The molecule has 7 nitrogen and oxygen atoms in total. The molecule has 0 bridgehead atoms. The molecule has 0 spiro atoms. The first-order valence-corrected chi connectivity index (χ1v) is 16.6. The highest BCUT2D eigenvalue weighted by Crippen LogP contribution is 2.29. The molecule has 0 unspecified atom stereocenters. The molecule has 2 amide bonds. The van der Waals surface area contributed by atoms with Crippen LogP contribution in [0.3, 0.4) is 0 Å². The summed E-state index contributed by atoms with van der Waals surface area (Å²) >= 11 is 6.23. The van der Waals surface area contributed by atoms with Crippen LogP contribution in [-0.4, -0.2) is 43.3 Å². The Morgan fingerprint density at radius 1 is 0.822 bits per heavy atom. The molecule has 4 aromatic rings. The highest BCUT2D eigenvalue weighted by atomic mass is 35.5. The largest absolute Gasteiger partial charge is 0.350 e. The van der Waals surface area contributed by atoms with E-state index in [4.69, 9.17) is 11.6 Å². The maximum Gasteiger partial charge on any atom is 0.264 e. The average Bonchev–Trinajstić information content (AvgIpc) is 2.99. The topological polar surface area (TPSA) is 86.8 Å². The van der Waals surface area contributed by atoms with Crippen LogP contribution in [0.1, 0.15) is 43.0 Å². The molecule has 1 atom stereocenters. The van der Waals surface area contributed by atoms with E-state index in [9.17, 15) is 18.0 Å². The van der Waals surface area contributed by atoms with Gasteiger partial charge in [0.15, 0.2) is 0 Å². The summed E-state index contributed by atoms with van der Waals surface area (Å²) in [6.07, 6.45) is 0.242. The molecule has 9 heteroatoms. The third-order valence-corrected chi connectivity index (χ3v) is 9.29. The van der Waals surface area contributed by atoms with Crippen LogP contribution in [0.2, 0.25) is 5.02 Å². The van der Waals surface area contributed by atoms with E-state index in [2.05, 4.69) is 5.32 Å². The number of carbonyl (C=O) groups excluding carboxylic acids is 2. The second-order valence-electron chi connectivity index (χ2n) is 12.2. The van der Waals surface area contributed by atoms with Crippen LogP contribution >= 0.6 is 11.6 Å². The van der Waals surface area contributed by atoms with Crippen LogP contribution in [0, 0.1) is 13.8 Å². The molecule has 0 aliphatic heterocycles. The van der Waals surface area contributed by atoms with Crippen LogP contribution < -0.4 is 9.62 Å². The lowest BCUT2D eigenvalue weighted by molar-refractivity contribution is -0.140. The molecule has 4 rings (SSSR count). The van der Waals surface area contributed by atoms with Crippen molar-refractivity contribution in [2.75, 3.05) is 10.8 Å². The zero-order valence-corrected chi connectivity index (χ0v) is 27.9. The van der Waals surface area contributed by atoms with E-state index >= 15 is 0 Å². The fourth-order valence-electron chi connectivity index (χ4n) is 5.03. The fourth-order valence-corrected chi connectivity index (χ4v) is 6.76. The Kier molecular flexibility index (Phi) is 10.7. The summed E-state index contributed by atoms with van der Waals surface area (Å²) in [6, 6.07) is 29.1. The van der Waals surface area contributed by atoms with E-state index in [1.165, 1.54) is 17.0 Å². The number of nitrogens with one attached hydrogen (secondary N) is 1. The maximum absolute atomic E-state index is 14.6. The third-order valence-electron chi connectivity index (χ3n) is 7.28. The lowest BCUT2D eigenvalue weighted by Gasteiger charge is -2.35. The van der Waals surface area contributed by atoms with Gasteiger partial charge in [0.05, 0.1) is 10.6 Å². The summed E-state index contributed by atoms with van der Waals surface area (Å²) in [7, 11) is -4.19. The highest BCUT2D eigenvalue weighted by Gasteiger charge is 2.36. The molecule has 0 saturated heterocycles. The Morgan fingerprint density at radius 2 is 1.42 bits per heavy atom. The Bertz CT molecular complexity index is 1720. The number of aryl methyl sites for hydroxylation is 2. The summed E-state index contributed by atoms with van der Waals surface area (Å²) in [5, 5.41) is 3.49. The Labute approximate surface area is 271 Å². The van der Waals surface area contributed by atoms with Crippen LogP contribution in [0.4, 0.5) is 5.69 Å². The zero-order valence-electron chi connectivity index (χ0n) is 26.3. The van der Waals surface area contributed by atoms with E-state index in [1.807, 2.05) is 82.3 Å². The van der Waals surface area contributed by atoms with Crippen molar-refractivity contribution in [3.8, 4) is 0 Å². The number of anilines is 1. The number of carbonyl (C=O) groups is 2. The van der Waals surface area contributed by atoms with E-state index in [0.29, 0.717) is 16.3 Å². The molecule has 1 N–H and O–H groups in total. The summed E-state index contributed by atoms with van der Waals surface area (Å²) in [5.41, 5.74) is 3.10. The van der Waals surface area contributed by atoms with Gasteiger partial charge in [-0.1, -0.05) is 90.0 Å². The monoisotopic (exact) mass is 645 g/mol. The van der Waals surface area contributed by atoms with Gasteiger partial charge in [0.25, 0.3) is 10.0 Å². The van der Waals surface area contributed by atoms with Crippen molar-refractivity contribution in [2.24, 2.45) is 0 Å². The number of sulfonamides is 1. The van der Waals surface area contributed by atoms with Crippen LogP contribution in [-0.2, 0) is 32.6 Å². The number of rotatable bonds is 11. The van der Waals surface area contributed by atoms with E-state index < -0.39 is 34.1 Å². The van der Waals surface area contributed by atoms with Crippen molar-refractivity contribution in [1.29, 1.82) is 0 Å². The van der Waals surface area contributed by atoms with Gasteiger partial charge >= 0.3 is 0 Å². The molecular weight excluding hydrogens is 606 g/mol. The number of benzene rings is 4. The number of amides is 2. The predicted molar refractivity (Wildman–Crippen MR) is 181 cm³/mol. The smallest absolute Gasteiger partial charge is 0.264 e. The van der Waals surface area contributed by atoms with Crippen molar-refractivity contribution in [1.82, 2.24) is 10.2 Å². The first-order chi connectivity index (χ1) is 21.2. The van der Waals surface area contributed by atoms with Gasteiger partial charge in [-0.2, -0.15) is 0 Å². The van der Waals surface area contributed by atoms with Gasteiger partial charge in [-0.25, -0.2) is 8.42 Å². The van der Waals surface area contributed by atoms with Crippen molar-refractivity contribution >= 4 is 39.1 Å². The van der Waals surface area contributed by atoms with Crippen LogP contribution in [0.5, 0.6) is 0 Å². The van der Waals surface area contributed by atoms with Gasteiger partial charge in [-0.3, -0.25) is 13.9 Å². The Balaban J connectivity index is 1.83. The van der Waals surface area contributed by atoms with Crippen molar-refractivity contribution in [2.45, 2.75) is 64.1 Å². The minimum Gasteiger partial charge on any atom is -0.350 e. The van der Waals surface area contributed by atoms with Gasteiger partial charge in [0.2, 0.25) is 11.8 Å². The SMILES string of the molecule is Cc1ccc(CN(C(=O)CN(c2ccc(Cl)cc2C)S(=O)(=O)c2ccccc2)[C@H](Cc2ccccc2)C(=O)NC(C)(C)C)cc1. The summed E-state index contributed by atoms with van der Waals surface area (Å²) in [6.45, 7) is 8.95. The Hall–Kier alpha value is -4.14. The molecule has 0 fully saturated rings. The van der Waals surface area contributed by atoms with Gasteiger partial charge in [-0.05, 0) is 81.6 Å². The molecule has 0 aliphatic carbocycles. The van der Waals surface area contributed by atoms with Gasteiger partial charge in [-0.15, -0.1) is 0 Å². The van der Waals surface area contributed by atoms with Gasteiger partial charge in [0, 0.05) is 23.5 Å². The second-order valence-corrected chi connectivity index (χ2v) is 14.5. The Morgan fingerprint density at radius 3 is 2.00 bits per heavy atom. The van der Waals surface area contributed by atoms with Crippen molar-refractivity contribution < 1.29 is 18.0 Å². The van der Waals surface area contributed by atoms with Gasteiger partial charge in [0.1, 0.15) is 12.6 Å². The molecule has 0 radical (unpaired) electrons. The predicted octanol–water partition coefficient (Wildman–Crippen LogP) is 6.71. The summed E-state index contributed by atoms with van der Waals surface area (Å²) < 4.78 is 29.4. The number of nitrogens with zero attached hydrogens (tertiary/aromatic N) is 2. The first kappa shape index (κ1) is 33.7. The molecule has 0 aromatic heterocycles. The third kappa shape index (κ3) is 8.96. The average molecular weight is 646 g/mol. The first-order valence-electron chi connectivity index (χ1n) is 14.8. The molecule has 45 heavy (non-hydrogen) atoms. The fraction of sp³-hybridized carbons (Fsp3) is 0.278. The number of hydrogen-bond acceptors (Lipinski definition) is 4. The molecule has 236 valence electrons. The zero-order chi connectivity index (χ0) is 32.8. The minimum absolute atomic E-state index is 0.0449. The molecular formula is C36H40ClN3O4S. The molecule has 4 aromatic carbocycles. The summed E-state index contributed by atoms with van der Waals surface area (Å²) in [5.74, 6) is -0.846. The van der Waals surface area contributed by atoms with Gasteiger partial charge < -0.3 is 10.2 Å². The highest BCUT2D eigenvalue weighted by molar-refractivity contribution is 7.92.